The number of esters is 4. The fourth-order valence-corrected chi connectivity index (χ4v) is 13.3. The van der Waals surface area contributed by atoms with Crippen LogP contribution in [0.4, 0.5) is 0 Å². The fraction of sp³-hybridized carbons (Fsp3) is 0.948. The van der Waals surface area contributed by atoms with E-state index in [0.717, 1.165) is 114 Å². The van der Waals surface area contributed by atoms with Crippen molar-refractivity contribution < 1.29 is 80.2 Å². The van der Waals surface area contributed by atoms with Crippen LogP contribution in [-0.2, 0) is 65.4 Å². The molecule has 0 amide bonds. The zero-order chi connectivity index (χ0) is 71.0. The summed E-state index contributed by atoms with van der Waals surface area (Å²) in [6, 6.07) is 0. The van der Waals surface area contributed by atoms with Gasteiger partial charge in [0.1, 0.15) is 19.3 Å². The third-order valence-electron chi connectivity index (χ3n) is 18.2. The van der Waals surface area contributed by atoms with Crippen molar-refractivity contribution in [1.82, 2.24) is 0 Å². The van der Waals surface area contributed by atoms with E-state index < -0.39 is 97.5 Å². The number of rotatable bonds is 74. The van der Waals surface area contributed by atoms with Crippen molar-refractivity contribution in [2.45, 2.75) is 408 Å². The quantitative estimate of drug-likeness (QED) is 0.0222. The number of carbonyl (C=O) groups excluding carboxylic acids is 4. The Labute approximate surface area is 588 Å². The second-order valence-electron chi connectivity index (χ2n) is 29.4. The van der Waals surface area contributed by atoms with Gasteiger partial charge in [-0.15, -0.1) is 0 Å². The van der Waals surface area contributed by atoms with Gasteiger partial charge in [-0.25, -0.2) is 9.13 Å². The zero-order valence-electron chi connectivity index (χ0n) is 63.0. The van der Waals surface area contributed by atoms with Gasteiger partial charge in [0.25, 0.3) is 0 Å². The first-order chi connectivity index (χ1) is 46.1. The van der Waals surface area contributed by atoms with Crippen molar-refractivity contribution in [3.63, 3.8) is 0 Å². The zero-order valence-corrected chi connectivity index (χ0v) is 64.8. The largest absolute Gasteiger partial charge is 0.472 e. The minimum atomic E-state index is -4.96. The van der Waals surface area contributed by atoms with E-state index in [2.05, 4.69) is 55.4 Å². The van der Waals surface area contributed by atoms with E-state index in [1.54, 1.807) is 0 Å². The molecule has 19 heteroatoms. The SMILES string of the molecule is CCC(C)CCCCCCCCC(=O)O[C@H](COC(=O)CCCCCCCCCC(C)C)COP(=O)(O)OCC(O)COP(=O)(O)OC[C@@H](COC(=O)CCCCCCCCCCCCCCCCCCC(C)C)OC(=O)CCCCCCCCCCCCCCCCC(C)C. The van der Waals surface area contributed by atoms with E-state index >= 15 is 0 Å². The Morgan fingerprint density at radius 1 is 0.292 bits per heavy atom. The molecule has 0 radical (unpaired) electrons. The number of unbranched alkanes of at least 4 members (excludes halogenated alkanes) is 39. The summed E-state index contributed by atoms with van der Waals surface area (Å²) in [4.78, 5) is 72.8. The van der Waals surface area contributed by atoms with E-state index in [-0.39, 0.29) is 25.7 Å². The molecule has 0 spiro atoms. The molecule has 0 fully saturated rings. The normalized spacial score (nSPS) is 14.4. The Bertz CT molecular complexity index is 1890. The van der Waals surface area contributed by atoms with Crippen LogP contribution >= 0.6 is 15.6 Å². The van der Waals surface area contributed by atoms with Gasteiger partial charge in [-0.3, -0.25) is 37.3 Å². The number of ether oxygens (including phenoxy) is 4. The number of phosphoric ester groups is 2. The maximum Gasteiger partial charge on any atom is 0.472 e. The predicted molar refractivity (Wildman–Crippen MR) is 391 cm³/mol. The molecule has 4 unspecified atom stereocenters. The molecule has 0 aliphatic carbocycles. The molecule has 0 rings (SSSR count). The molecule has 0 saturated carbocycles. The lowest BCUT2D eigenvalue weighted by molar-refractivity contribution is -0.161. The monoisotopic (exact) mass is 1410 g/mol. The first kappa shape index (κ1) is 94.1. The molecule has 570 valence electrons. The molecule has 0 bridgehead atoms. The minimum absolute atomic E-state index is 0.102. The molecular weight excluding hydrogens is 1260 g/mol. The van der Waals surface area contributed by atoms with Crippen LogP contribution in [0.15, 0.2) is 0 Å². The summed E-state index contributed by atoms with van der Waals surface area (Å²) in [5.41, 5.74) is 0. The maximum atomic E-state index is 13.1. The highest BCUT2D eigenvalue weighted by Crippen LogP contribution is 2.45. The Balaban J connectivity index is 5.22. The second-order valence-corrected chi connectivity index (χ2v) is 32.3. The maximum absolute atomic E-state index is 13.1. The van der Waals surface area contributed by atoms with E-state index in [4.69, 9.17) is 37.0 Å². The van der Waals surface area contributed by atoms with Crippen LogP contribution in [0.25, 0.3) is 0 Å². The Morgan fingerprint density at radius 2 is 0.500 bits per heavy atom. The summed E-state index contributed by atoms with van der Waals surface area (Å²) < 4.78 is 68.5. The lowest BCUT2D eigenvalue weighted by Crippen LogP contribution is -2.30. The summed E-state index contributed by atoms with van der Waals surface area (Å²) in [6.07, 6.45) is 51.6. The summed E-state index contributed by atoms with van der Waals surface area (Å²) >= 11 is 0. The van der Waals surface area contributed by atoms with E-state index in [9.17, 15) is 43.2 Å². The number of phosphoric acid groups is 2. The number of carbonyl (C=O) groups is 4. The van der Waals surface area contributed by atoms with Gasteiger partial charge in [0.05, 0.1) is 26.4 Å². The van der Waals surface area contributed by atoms with E-state index in [0.29, 0.717) is 31.6 Å². The fourth-order valence-electron chi connectivity index (χ4n) is 11.7. The van der Waals surface area contributed by atoms with E-state index in [1.807, 2.05) is 0 Å². The molecule has 0 aromatic heterocycles. The highest BCUT2D eigenvalue weighted by atomic mass is 31.2. The molecule has 0 saturated heterocycles. The first-order valence-corrected chi connectivity index (χ1v) is 42.7. The molecule has 0 aliphatic rings. The third kappa shape index (κ3) is 69.2. The predicted octanol–water partition coefficient (Wildman–Crippen LogP) is 22.4. The highest BCUT2D eigenvalue weighted by Gasteiger charge is 2.30. The average molecular weight is 1410 g/mol. The van der Waals surface area contributed by atoms with Gasteiger partial charge in [0.2, 0.25) is 0 Å². The molecule has 17 nitrogen and oxygen atoms in total. The molecule has 0 aromatic rings. The number of aliphatic hydroxyl groups excluding tert-OH is 1. The Kier molecular flexibility index (Phi) is 65.0. The lowest BCUT2D eigenvalue weighted by atomic mass is 10.00. The number of hydrogen-bond acceptors (Lipinski definition) is 15. The standard InChI is InChI=1S/C77H150O17P2/c1-9-70(8)56-48-40-35-36-44-52-60-77(82)94-73(64-88-75(80)58-50-42-34-28-31-39-47-55-69(6)7)66-92-96(85,86)90-62-71(78)61-89-95(83,84)91-65-72(93-76(81)59-51-43-33-27-23-19-15-14-17-21-25-30-38-46-54-68(4)5)63-87-74(79)57-49-41-32-26-22-18-13-11-10-12-16-20-24-29-37-45-53-67(2)3/h67-73,78H,9-66H2,1-8H3,(H,83,84)(H,85,86)/t70?,71?,72-,73-/m1/s1. The van der Waals surface area contributed by atoms with Crippen LogP contribution in [0, 0.1) is 23.7 Å². The molecule has 0 aromatic carbocycles. The Hall–Kier alpha value is -1.94. The van der Waals surface area contributed by atoms with Crippen molar-refractivity contribution in [3.8, 4) is 0 Å². The second kappa shape index (κ2) is 66.3. The summed E-state index contributed by atoms with van der Waals surface area (Å²) in [5.74, 6) is 0.909. The van der Waals surface area contributed by atoms with Crippen LogP contribution in [0.5, 0.6) is 0 Å². The number of hydrogen-bond donors (Lipinski definition) is 3. The van der Waals surface area contributed by atoms with E-state index in [1.165, 1.54) is 186 Å². The van der Waals surface area contributed by atoms with Crippen molar-refractivity contribution >= 4 is 39.5 Å². The average Bonchev–Trinajstić information content (AvgIpc) is 1.53. The van der Waals surface area contributed by atoms with Crippen molar-refractivity contribution in [1.29, 1.82) is 0 Å². The molecule has 0 heterocycles. The van der Waals surface area contributed by atoms with Crippen LogP contribution in [0.3, 0.4) is 0 Å². The van der Waals surface area contributed by atoms with Gasteiger partial charge >= 0.3 is 39.5 Å². The lowest BCUT2D eigenvalue weighted by Gasteiger charge is -2.21. The van der Waals surface area contributed by atoms with Crippen LogP contribution in [0.2, 0.25) is 0 Å². The molecule has 3 N–H and O–H groups in total. The van der Waals surface area contributed by atoms with Gasteiger partial charge in [0.15, 0.2) is 12.2 Å². The van der Waals surface area contributed by atoms with Crippen molar-refractivity contribution in [2.24, 2.45) is 23.7 Å². The van der Waals surface area contributed by atoms with Crippen molar-refractivity contribution in [3.05, 3.63) is 0 Å². The molecule has 96 heavy (non-hydrogen) atoms. The van der Waals surface area contributed by atoms with Gasteiger partial charge in [-0.1, -0.05) is 338 Å². The summed E-state index contributed by atoms with van der Waals surface area (Å²) in [6.45, 7) is 14.2. The highest BCUT2D eigenvalue weighted by molar-refractivity contribution is 7.47. The number of aliphatic hydroxyl groups is 1. The Morgan fingerprint density at radius 3 is 0.740 bits per heavy atom. The molecule has 6 atom stereocenters. The molecular formula is C77H150O17P2. The topological polar surface area (TPSA) is 237 Å². The van der Waals surface area contributed by atoms with Gasteiger partial charge < -0.3 is 33.8 Å². The smallest absolute Gasteiger partial charge is 0.462 e. The van der Waals surface area contributed by atoms with Crippen LogP contribution < -0.4 is 0 Å². The van der Waals surface area contributed by atoms with Crippen molar-refractivity contribution in [2.75, 3.05) is 39.6 Å². The first-order valence-electron chi connectivity index (χ1n) is 39.7. The van der Waals surface area contributed by atoms with Gasteiger partial charge in [-0.05, 0) is 49.4 Å². The minimum Gasteiger partial charge on any atom is -0.462 e. The third-order valence-corrected chi connectivity index (χ3v) is 20.1. The van der Waals surface area contributed by atoms with Crippen LogP contribution in [0.1, 0.15) is 389 Å². The summed E-state index contributed by atoms with van der Waals surface area (Å²) in [5, 5.41) is 10.6. The summed E-state index contributed by atoms with van der Waals surface area (Å²) in [7, 11) is -9.91. The van der Waals surface area contributed by atoms with Crippen LogP contribution in [-0.4, -0.2) is 96.7 Å². The molecule has 0 aliphatic heterocycles. The van der Waals surface area contributed by atoms with Gasteiger partial charge in [0, 0.05) is 25.7 Å². The van der Waals surface area contributed by atoms with Gasteiger partial charge in [-0.2, -0.15) is 0 Å².